The molecule has 5 nitrogen and oxygen atoms in total. The lowest BCUT2D eigenvalue weighted by atomic mass is 10.2. The first kappa shape index (κ1) is 15.7. The Morgan fingerprint density at radius 2 is 1.36 bits per heavy atom. The van der Waals surface area contributed by atoms with Crippen molar-refractivity contribution in [2.45, 2.75) is 6.17 Å². The van der Waals surface area contributed by atoms with Crippen LogP contribution in [0.4, 0.5) is 16.4 Å². The van der Waals surface area contributed by atoms with E-state index in [4.69, 9.17) is 0 Å². The number of thiophene rings is 1. The molecule has 3 aromatic rings. The zero-order valence-corrected chi connectivity index (χ0v) is 14.3. The van der Waals surface area contributed by atoms with Crippen molar-refractivity contribution < 1.29 is 4.92 Å². The average molecular weight is 351 g/mol. The summed E-state index contributed by atoms with van der Waals surface area (Å²) in [6.07, 6.45) is -0.0384. The van der Waals surface area contributed by atoms with Crippen molar-refractivity contribution >= 4 is 27.7 Å². The molecule has 1 aliphatic heterocycles. The molecule has 0 N–H and O–H groups in total. The fourth-order valence-electron chi connectivity index (χ4n) is 3.29. The van der Waals surface area contributed by atoms with Crippen molar-refractivity contribution in [2.24, 2.45) is 0 Å². The largest absolute Gasteiger partial charge is 0.345 e. The van der Waals surface area contributed by atoms with Crippen LogP contribution in [0.25, 0.3) is 0 Å². The Labute approximate surface area is 149 Å². The molecular weight excluding hydrogens is 334 g/mol. The van der Waals surface area contributed by atoms with Gasteiger partial charge in [-0.05, 0) is 30.3 Å². The van der Waals surface area contributed by atoms with Crippen LogP contribution in [0.2, 0.25) is 0 Å². The zero-order valence-electron chi connectivity index (χ0n) is 13.5. The van der Waals surface area contributed by atoms with Gasteiger partial charge in [0.25, 0.3) is 0 Å². The van der Waals surface area contributed by atoms with Gasteiger partial charge in [0.15, 0.2) is 0 Å². The minimum Gasteiger partial charge on any atom is -0.345 e. The smallest absolute Gasteiger partial charge is 0.324 e. The van der Waals surface area contributed by atoms with Crippen LogP contribution in [0.1, 0.15) is 11.0 Å². The fraction of sp³-hybridized carbons (Fsp3) is 0.158. The minimum absolute atomic E-state index is 0.0384. The van der Waals surface area contributed by atoms with E-state index in [1.54, 1.807) is 6.07 Å². The second-order valence-corrected chi connectivity index (χ2v) is 6.96. The van der Waals surface area contributed by atoms with Gasteiger partial charge < -0.3 is 9.80 Å². The van der Waals surface area contributed by atoms with Crippen LogP contribution in [0.5, 0.6) is 0 Å². The molecule has 2 heterocycles. The molecular formula is C19H17N3O2S. The van der Waals surface area contributed by atoms with Crippen molar-refractivity contribution in [2.75, 3.05) is 22.9 Å². The van der Waals surface area contributed by atoms with Gasteiger partial charge in [-0.25, -0.2) is 0 Å². The van der Waals surface area contributed by atoms with Crippen molar-refractivity contribution in [3.63, 3.8) is 0 Å². The number of nitro groups is 1. The van der Waals surface area contributed by atoms with Gasteiger partial charge in [0.05, 0.1) is 9.80 Å². The van der Waals surface area contributed by atoms with E-state index in [1.165, 1.54) is 11.3 Å². The van der Waals surface area contributed by atoms with E-state index in [2.05, 4.69) is 34.1 Å². The number of hydrogen-bond acceptors (Lipinski definition) is 5. The first-order valence-electron chi connectivity index (χ1n) is 8.11. The molecule has 1 saturated heterocycles. The van der Waals surface area contributed by atoms with E-state index in [0.717, 1.165) is 29.3 Å². The first-order valence-corrected chi connectivity index (χ1v) is 8.93. The number of para-hydroxylation sites is 2. The van der Waals surface area contributed by atoms with E-state index in [9.17, 15) is 10.1 Å². The highest BCUT2D eigenvalue weighted by Gasteiger charge is 2.35. The van der Waals surface area contributed by atoms with Crippen LogP contribution < -0.4 is 9.80 Å². The standard InChI is InChI=1S/C19H17N3O2S/c23-22(24)18-12-11-17(25-18)19-20(15-7-3-1-4-8-15)13-14-21(19)16-9-5-2-6-10-16/h1-12,19H,13-14H2. The summed E-state index contributed by atoms with van der Waals surface area (Å²) in [5.41, 5.74) is 2.25. The Morgan fingerprint density at radius 1 is 0.840 bits per heavy atom. The lowest BCUT2D eigenvalue weighted by Gasteiger charge is -2.32. The molecule has 0 spiro atoms. The second kappa shape index (κ2) is 6.57. The van der Waals surface area contributed by atoms with Crippen LogP contribution in [0.15, 0.2) is 72.8 Å². The molecule has 6 heteroatoms. The molecule has 126 valence electrons. The molecule has 0 saturated carbocycles. The van der Waals surface area contributed by atoms with Gasteiger partial charge in [-0.1, -0.05) is 47.7 Å². The van der Waals surface area contributed by atoms with Crippen LogP contribution in [-0.4, -0.2) is 18.0 Å². The summed E-state index contributed by atoms with van der Waals surface area (Å²) in [5.74, 6) is 0. The first-order chi connectivity index (χ1) is 12.2. The van der Waals surface area contributed by atoms with Gasteiger partial charge in [-0.3, -0.25) is 10.1 Å². The van der Waals surface area contributed by atoms with E-state index < -0.39 is 0 Å². The van der Waals surface area contributed by atoms with Gasteiger partial charge in [-0.15, -0.1) is 0 Å². The van der Waals surface area contributed by atoms with Crippen molar-refractivity contribution in [3.05, 3.63) is 87.8 Å². The molecule has 1 aromatic heterocycles. The third-order valence-electron chi connectivity index (χ3n) is 4.39. The van der Waals surface area contributed by atoms with Gasteiger partial charge in [0.2, 0.25) is 0 Å². The van der Waals surface area contributed by atoms with E-state index in [1.807, 2.05) is 42.5 Å². The summed E-state index contributed by atoms with van der Waals surface area (Å²) in [7, 11) is 0. The molecule has 0 unspecified atom stereocenters. The lowest BCUT2D eigenvalue weighted by Crippen LogP contribution is -2.30. The maximum absolute atomic E-state index is 11.1. The molecule has 0 bridgehead atoms. The van der Waals surface area contributed by atoms with Gasteiger partial charge in [0, 0.05) is 30.5 Å². The Hall–Kier alpha value is -2.86. The monoisotopic (exact) mass is 351 g/mol. The topological polar surface area (TPSA) is 49.6 Å². The fourth-order valence-corrected chi connectivity index (χ4v) is 4.24. The summed E-state index contributed by atoms with van der Waals surface area (Å²) < 4.78 is 0. The Kier molecular flexibility index (Phi) is 4.11. The number of anilines is 2. The second-order valence-electron chi connectivity index (χ2n) is 5.86. The highest BCUT2D eigenvalue weighted by atomic mass is 32.1. The quantitative estimate of drug-likeness (QED) is 0.506. The molecule has 2 aromatic carbocycles. The maximum atomic E-state index is 11.1. The maximum Gasteiger partial charge on any atom is 0.324 e. The van der Waals surface area contributed by atoms with Gasteiger partial charge in [0.1, 0.15) is 6.17 Å². The molecule has 0 atom stereocenters. The summed E-state index contributed by atoms with van der Waals surface area (Å²) in [6, 6.07) is 23.9. The SMILES string of the molecule is O=[N+]([O-])c1ccc(C2N(c3ccccc3)CCN2c2ccccc2)s1. The molecule has 0 radical (unpaired) electrons. The minimum atomic E-state index is -0.317. The van der Waals surface area contributed by atoms with E-state index >= 15 is 0 Å². The van der Waals surface area contributed by atoms with Gasteiger partial charge >= 0.3 is 5.00 Å². The normalized spacial score (nSPS) is 14.9. The Balaban J connectivity index is 1.76. The molecule has 0 amide bonds. The van der Waals surface area contributed by atoms with E-state index in [-0.39, 0.29) is 16.1 Å². The highest BCUT2D eigenvalue weighted by Crippen LogP contribution is 2.41. The Morgan fingerprint density at radius 3 is 1.80 bits per heavy atom. The summed E-state index contributed by atoms with van der Waals surface area (Å²) in [4.78, 5) is 16.4. The summed E-state index contributed by atoms with van der Waals surface area (Å²) >= 11 is 1.25. The number of hydrogen-bond donors (Lipinski definition) is 0. The number of nitrogens with zero attached hydrogens (tertiary/aromatic N) is 3. The predicted molar refractivity (Wildman–Crippen MR) is 101 cm³/mol. The zero-order chi connectivity index (χ0) is 17.2. The van der Waals surface area contributed by atoms with E-state index in [0.29, 0.717) is 0 Å². The molecule has 1 fully saturated rings. The molecule has 25 heavy (non-hydrogen) atoms. The van der Waals surface area contributed by atoms with Crippen molar-refractivity contribution in [3.8, 4) is 0 Å². The molecule has 1 aliphatic rings. The predicted octanol–water partition coefficient (Wildman–Crippen LogP) is 4.68. The summed E-state index contributed by atoms with van der Waals surface area (Å²) in [6.45, 7) is 1.74. The van der Waals surface area contributed by atoms with Crippen LogP contribution in [0, 0.1) is 10.1 Å². The van der Waals surface area contributed by atoms with Gasteiger partial charge in [-0.2, -0.15) is 0 Å². The van der Waals surface area contributed by atoms with Crippen molar-refractivity contribution in [1.29, 1.82) is 0 Å². The Bertz CT molecular complexity index is 819. The average Bonchev–Trinajstić information content (AvgIpc) is 3.30. The molecule has 0 aliphatic carbocycles. The molecule has 4 rings (SSSR count). The number of benzene rings is 2. The van der Waals surface area contributed by atoms with Crippen LogP contribution in [0.3, 0.4) is 0 Å². The third-order valence-corrected chi connectivity index (χ3v) is 5.47. The van der Waals surface area contributed by atoms with Crippen LogP contribution in [-0.2, 0) is 0 Å². The van der Waals surface area contributed by atoms with Crippen LogP contribution >= 0.6 is 11.3 Å². The lowest BCUT2D eigenvalue weighted by molar-refractivity contribution is -0.380. The van der Waals surface area contributed by atoms with Crippen molar-refractivity contribution in [1.82, 2.24) is 0 Å². The highest BCUT2D eigenvalue weighted by molar-refractivity contribution is 7.15. The summed E-state index contributed by atoms with van der Waals surface area (Å²) in [5, 5.41) is 11.3. The third kappa shape index (κ3) is 2.96. The number of rotatable bonds is 4.